The zero-order chi connectivity index (χ0) is 21.7. The van der Waals surface area contributed by atoms with Gasteiger partial charge >= 0.3 is 0 Å². The van der Waals surface area contributed by atoms with Crippen LogP contribution in [-0.4, -0.2) is 38.6 Å². The Morgan fingerprint density at radius 1 is 0.625 bits per heavy atom. The van der Waals surface area contributed by atoms with Gasteiger partial charge in [-0.15, -0.1) is 0 Å². The Balaban J connectivity index is 1.35. The molecule has 2 saturated carbocycles. The number of methoxy groups -OCH3 is 2. The van der Waals surface area contributed by atoms with Crippen molar-refractivity contribution >= 4 is 0 Å². The average Bonchev–Trinajstić information content (AvgIpc) is 3.75. The van der Waals surface area contributed by atoms with E-state index in [1.165, 1.54) is 35.1 Å². The Morgan fingerprint density at radius 2 is 1.06 bits per heavy atom. The van der Waals surface area contributed by atoms with Crippen LogP contribution in [0.15, 0.2) is 48.5 Å². The van der Waals surface area contributed by atoms with Crippen molar-refractivity contribution in [2.75, 3.05) is 14.2 Å². The molecule has 2 aromatic carbocycles. The molecule has 2 aliphatic heterocycles. The smallest absolute Gasteiger partial charge is 0.0856 e. The minimum atomic E-state index is 0.0840. The Labute approximate surface area is 191 Å². The van der Waals surface area contributed by atoms with Gasteiger partial charge in [0.1, 0.15) is 0 Å². The molecule has 8 atom stereocenters. The maximum Gasteiger partial charge on any atom is 0.0856 e. The molecule has 0 aromatic heterocycles. The molecule has 0 amide bonds. The highest BCUT2D eigenvalue weighted by atomic mass is 16.6. The lowest BCUT2D eigenvalue weighted by molar-refractivity contribution is 0.0375. The molecule has 2 saturated heterocycles. The van der Waals surface area contributed by atoms with Crippen molar-refractivity contribution in [2.24, 2.45) is 11.8 Å². The van der Waals surface area contributed by atoms with Crippen molar-refractivity contribution in [3.05, 3.63) is 59.7 Å². The van der Waals surface area contributed by atoms with Crippen molar-refractivity contribution in [1.82, 2.24) is 0 Å². The summed E-state index contributed by atoms with van der Waals surface area (Å²) in [5.41, 5.74) is 5.12. The molecule has 32 heavy (non-hydrogen) atoms. The number of rotatable bonds is 7. The number of hydrogen-bond acceptors (Lipinski definition) is 4. The van der Waals surface area contributed by atoms with Crippen LogP contribution >= 0.6 is 0 Å². The fourth-order valence-electron chi connectivity index (χ4n) is 6.55. The van der Waals surface area contributed by atoms with Crippen LogP contribution in [0.1, 0.15) is 61.9 Å². The Hall–Kier alpha value is -1.72. The number of benzene rings is 2. The Bertz CT molecular complexity index is 880. The molecule has 170 valence electrons. The molecule has 4 heteroatoms. The van der Waals surface area contributed by atoms with Crippen molar-refractivity contribution in [1.29, 1.82) is 0 Å². The number of fused-ring (bicyclic) bond motifs is 2. The van der Waals surface area contributed by atoms with Gasteiger partial charge in [0.05, 0.1) is 36.6 Å². The van der Waals surface area contributed by atoms with Crippen LogP contribution in [0.4, 0.5) is 0 Å². The first-order chi connectivity index (χ1) is 15.8. The molecule has 0 N–H and O–H groups in total. The van der Waals surface area contributed by atoms with E-state index in [-0.39, 0.29) is 12.2 Å². The van der Waals surface area contributed by atoms with E-state index >= 15 is 0 Å². The van der Waals surface area contributed by atoms with E-state index in [0.717, 1.165) is 25.7 Å². The minimum absolute atomic E-state index is 0.0840. The number of epoxide rings is 2. The zero-order valence-electron chi connectivity index (χ0n) is 19.1. The van der Waals surface area contributed by atoms with Crippen LogP contribution < -0.4 is 0 Å². The lowest BCUT2D eigenvalue weighted by Crippen LogP contribution is -2.23. The van der Waals surface area contributed by atoms with Gasteiger partial charge in [0.15, 0.2) is 0 Å². The first kappa shape index (κ1) is 20.9. The van der Waals surface area contributed by atoms with Gasteiger partial charge in [-0.3, -0.25) is 0 Å². The average molecular weight is 435 g/mol. The first-order valence-corrected chi connectivity index (χ1v) is 12.3. The molecular formula is C28H34O4. The summed E-state index contributed by atoms with van der Waals surface area (Å²) in [6, 6.07) is 17.6. The van der Waals surface area contributed by atoms with Gasteiger partial charge in [0.25, 0.3) is 0 Å². The molecule has 2 aromatic rings. The molecule has 0 spiro atoms. The van der Waals surface area contributed by atoms with Crippen LogP contribution in [-0.2, 0) is 18.9 Å². The second kappa shape index (κ2) is 8.57. The van der Waals surface area contributed by atoms with Gasteiger partial charge in [-0.05, 0) is 72.6 Å². The lowest BCUT2D eigenvalue weighted by atomic mass is 9.78. The van der Waals surface area contributed by atoms with Gasteiger partial charge in [-0.1, -0.05) is 48.5 Å². The van der Waals surface area contributed by atoms with Gasteiger partial charge in [0.2, 0.25) is 0 Å². The second-order valence-corrected chi connectivity index (χ2v) is 10.1. The fraction of sp³-hybridized carbons (Fsp3) is 0.571. The summed E-state index contributed by atoms with van der Waals surface area (Å²) < 4.78 is 24.0. The van der Waals surface area contributed by atoms with Gasteiger partial charge in [0, 0.05) is 14.2 Å². The van der Waals surface area contributed by atoms with E-state index in [1.807, 2.05) is 14.2 Å². The summed E-state index contributed by atoms with van der Waals surface area (Å²) in [7, 11) is 3.72. The summed E-state index contributed by atoms with van der Waals surface area (Å²) in [4.78, 5) is 0. The highest BCUT2D eigenvalue weighted by Crippen LogP contribution is 2.49. The number of ether oxygens (including phenoxy) is 4. The summed E-state index contributed by atoms with van der Waals surface area (Å²) in [6.45, 7) is 0. The zero-order valence-corrected chi connectivity index (χ0v) is 19.1. The molecule has 2 aliphatic carbocycles. The molecule has 4 nitrogen and oxygen atoms in total. The van der Waals surface area contributed by atoms with E-state index in [2.05, 4.69) is 48.5 Å². The third-order valence-corrected chi connectivity index (χ3v) is 8.28. The van der Waals surface area contributed by atoms with Crippen LogP contribution in [0, 0.1) is 11.8 Å². The summed E-state index contributed by atoms with van der Waals surface area (Å²) >= 11 is 0. The van der Waals surface area contributed by atoms with Crippen molar-refractivity contribution in [2.45, 2.75) is 75.1 Å². The summed E-state index contributed by atoms with van der Waals surface area (Å²) in [5.74, 6) is 0.996. The topological polar surface area (TPSA) is 43.5 Å². The molecule has 8 unspecified atom stereocenters. The second-order valence-electron chi connectivity index (χ2n) is 10.1. The van der Waals surface area contributed by atoms with Crippen molar-refractivity contribution < 1.29 is 18.9 Å². The SMILES string of the molecule is COC(c1ccccc1-c1ccccc1C(OC)C1CCC2OC2C1)C1CCC2OC2C1. The Kier molecular flexibility index (Phi) is 5.58. The predicted octanol–water partition coefficient (Wildman–Crippen LogP) is 5.86. The molecule has 4 fully saturated rings. The highest BCUT2D eigenvalue weighted by Gasteiger charge is 2.47. The molecule has 0 bridgehead atoms. The van der Waals surface area contributed by atoms with Crippen LogP contribution in [0.25, 0.3) is 11.1 Å². The van der Waals surface area contributed by atoms with E-state index in [4.69, 9.17) is 18.9 Å². The minimum Gasteiger partial charge on any atom is -0.376 e. The predicted molar refractivity (Wildman–Crippen MR) is 123 cm³/mol. The largest absolute Gasteiger partial charge is 0.376 e. The van der Waals surface area contributed by atoms with Crippen molar-refractivity contribution in [3.63, 3.8) is 0 Å². The summed E-state index contributed by atoms with van der Waals surface area (Å²) in [6.07, 6.45) is 8.93. The lowest BCUT2D eigenvalue weighted by Gasteiger charge is -2.32. The molecule has 2 heterocycles. The first-order valence-electron chi connectivity index (χ1n) is 12.3. The quantitative estimate of drug-likeness (QED) is 0.512. The van der Waals surface area contributed by atoms with Crippen LogP contribution in [0.2, 0.25) is 0 Å². The van der Waals surface area contributed by atoms with E-state index in [0.29, 0.717) is 36.3 Å². The van der Waals surface area contributed by atoms with Gasteiger partial charge in [-0.2, -0.15) is 0 Å². The van der Waals surface area contributed by atoms with Gasteiger partial charge in [-0.25, -0.2) is 0 Å². The molecule has 6 rings (SSSR count). The maximum absolute atomic E-state index is 6.16. The van der Waals surface area contributed by atoms with E-state index in [9.17, 15) is 0 Å². The standard InChI is InChI=1S/C28H34O4/c1-29-27(17-11-13-23-25(15-17)31-23)21-9-5-3-7-19(21)20-8-4-6-10-22(20)28(30-2)18-12-14-24-26(16-18)32-24/h3-10,17-18,23-28H,11-16H2,1-2H3. The fourth-order valence-corrected chi connectivity index (χ4v) is 6.55. The molecular weight excluding hydrogens is 400 g/mol. The van der Waals surface area contributed by atoms with Crippen LogP contribution in [0.5, 0.6) is 0 Å². The monoisotopic (exact) mass is 434 g/mol. The molecule has 0 radical (unpaired) electrons. The third-order valence-electron chi connectivity index (χ3n) is 8.28. The van der Waals surface area contributed by atoms with Gasteiger partial charge < -0.3 is 18.9 Å². The highest BCUT2D eigenvalue weighted by molar-refractivity contribution is 5.71. The van der Waals surface area contributed by atoms with Crippen LogP contribution in [0.3, 0.4) is 0 Å². The molecule has 4 aliphatic rings. The summed E-state index contributed by atoms with van der Waals surface area (Å²) in [5, 5.41) is 0. The Morgan fingerprint density at radius 3 is 1.47 bits per heavy atom. The normalized spacial score (nSPS) is 34.8. The third kappa shape index (κ3) is 3.81. The van der Waals surface area contributed by atoms with E-state index in [1.54, 1.807) is 0 Å². The van der Waals surface area contributed by atoms with Crippen molar-refractivity contribution in [3.8, 4) is 11.1 Å². The number of hydrogen-bond donors (Lipinski definition) is 0. The van der Waals surface area contributed by atoms with E-state index < -0.39 is 0 Å². The maximum atomic E-state index is 6.16.